The largest absolute Gasteiger partial charge is 0.378 e. The summed E-state index contributed by atoms with van der Waals surface area (Å²) in [6.07, 6.45) is 2.23. The zero-order valence-electron chi connectivity index (χ0n) is 7.38. The van der Waals surface area contributed by atoms with Gasteiger partial charge >= 0.3 is 0 Å². The van der Waals surface area contributed by atoms with E-state index >= 15 is 0 Å². The lowest BCUT2D eigenvalue weighted by Gasteiger charge is -2.43. The van der Waals surface area contributed by atoms with Gasteiger partial charge in [0.1, 0.15) is 0 Å². The number of hydrogen-bond acceptors (Lipinski definition) is 4. The number of morpholine rings is 1. The highest BCUT2D eigenvalue weighted by Gasteiger charge is 2.35. The van der Waals surface area contributed by atoms with Crippen LogP contribution in [0.15, 0.2) is 0 Å². The molecule has 3 N–H and O–H groups in total. The average molecular weight is 171 g/mol. The summed E-state index contributed by atoms with van der Waals surface area (Å²) < 4.78 is 5.48. The van der Waals surface area contributed by atoms with Crippen LogP contribution in [-0.2, 0) is 4.74 Å². The monoisotopic (exact) mass is 171 g/mol. The van der Waals surface area contributed by atoms with Crippen molar-refractivity contribution in [2.75, 3.05) is 32.8 Å². The molecule has 70 valence electrons. The fourth-order valence-electron chi connectivity index (χ4n) is 1.98. The van der Waals surface area contributed by atoms with Gasteiger partial charge in [0, 0.05) is 25.2 Å². The maximum Gasteiger partial charge on any atom is 0.0649 e. The van der Waals surface area contributed by atoms with Crippen molar-refractivity contribution in [1.82, 2.24) is 10.3 Å². The van der Waals surface area contributed by atoms with Crippen molar-refractivity contribution in [3.05, 3.63) is 0 Å². The molecule has 1 spiro atoms. The topological polar surface area (TPSA) is 50.5 Å². The van der Waals surface area contributed by atoms with Gasteiger partial charge in [0.15, 0.2) is 0 Å². The molecule has 4 nitrogen and oxygen atoms in total. The lowest BCUT2D eigenvalue weighted by atomic mass is 9.88. The van der Waals surface area contributed by atoms with Crippen molar-refractivity contribution in [2.45, 2.75) is 18.4 Å². The van der Waals surface area contributed by atoms with E-state index in [2.05, 4.69) is 5.32 Å². The number of nitrogens with two attached hydrogens (primary N) is 1. The van der Waals surface area contributed by atoms with E-state index in [-0.39, 0.29) is 5.54 Å². The van der Waals surface area contributed by atoms with Gasteiger partial charge < -0.3 is 10.1 Å². The van der Waals surface area contributed by atoms with Crippen LogP contribution in [0, 0.1) is 0 Å². The van der Waals surface area contributed by atoms with Crippen molar-refractivity contribution in [3.63, 3.8) is 0 Å². The van der Waals surface area contributed by atoms with Crippen molar-refractivity contribution in [1.29, 1.82) is 0 Å². The van der Waals surface area contributed by atoms with E-state index in [1.54, 1.807) is 0 Å². The Bertz CT molecular complexity index is 146. The maximum atomic E-state index is 5.69. The summed E-state index contributed by atoms with van der Waals surface area (Å²) in [5, 5.41) is 5.44. The minimum Gasteiger partial charge on any atom is -0.378 e. The third kappa shape index (κ3) is 1.61. The quantitative estimate of drug-likeness (QED) is 0.474. The van der Waals surface area contributed by atoms with Crippen LogP contribution in [0.4, 0.5) is 0 Å². The van der Waals surface area contributed by atoms with Gasteiger partial charge in [0.2, 0.25) is 0 Å². The zero-order chi connectivity index (χ0) is 8.44. The molecule has 2 aliphatic heterocycles. The van der Waals surface area contributed by atoms with E-state index in [0.717, 1.165) is 45.7 Å². The highest BCUT2D eigenvalue weighted by atomic mass is 16.5. The van der Waals surface area contributed by atoms with E-state index in [4.69, 9.17) is 10.6 Å². The standard InChI is InChI=1S/C8H17N3O/c9-11-4-1-8(2-5-11)7-12-6-3-10-8/h10H,1-7,9H2. The fourth-order valence-corrected chi connectivity index (χ4v) is 1.98. The average Bonchev–Trinajstić information content (AvgIpc) is 2.13. The minimum absolute atomic E-state index is 0.244. The number of hydrazine groups is 1. The predicted molar refractivity (Wildman–Crippen MR) is 46.5 cm³/mol. The predicted octanol–water partition coefficient (Wildman–Crippen LogP) is -0.685. The molecular formula is C8H17N3O. The second kappa shape index (κ2) is 3.30. The van der Waals surface area contributed by atoms with E-state index in [9.17, 15) is 0 Å². The lowest BCUT2D eigenvalue weighted by Crippen LogP contribution is -2.60. The number of nitrogens with zero attached hydrogens (tertiary/aromatic N) is 1. The van der Waals surface area contributed by atoms with Crippen molar-refractivity contribution in [3.8, 4) is 0 Å². The summed E-state index contributed by atoms with van der Waals surface area (Å²) >= 11 is 0. The first-order valence-electron chi connectivity index (χ1n) is 4.63. The van der Waals surface area contributed by atoms with Crippen LogP contribution in [0.2, 0.25) is 0 Å². The normalized spacial score (nSPS) is 30.8. The van der Waals surface area contributed by atoms with Crippen LogP contribution in [0.5, 0.6) is 0 Å². The molecule has 2 aliphatic rings. The third-order valence-electron chi connectivity index (χ3n) is 2.88. The Kier molecular flexibility index (Phi) is 2.32. The number of piperidine rings is 1. The summed E-state index contributed by atoms with van der Waals surface area (Å²) in [7, 11) is 0. The SMILES string of the molecule is NN1CCC2(CC1)COCCN2. The van der Waals surface area contributed by atoms with Crippen LogP contribution in [0.3, 0.4) is 0 Å². The highest BCUT2D eigenvalue weighted by molar-refractivity contribution is 4.94. The number of hydrogen-bond donors (Lipinski definition) is 2. The van der Waals surface area contributed by atoms with E-state index in [1.807, 2.05) is 5.01 Å². The van der Waals surface area contributed by atoms with Gasteiger partial charge in [0.25, 0.3) is 0 Å². The Morgan fingerprint density at radius 1 is 1.33 bits per heavy atom. The molecule has 0 unspecified atom stereocenters. The highest BCUT2D eigenvalue weighted by Crippen LogP contribution is 2.22. The molecule has 0 atom stereocenters. The smallest absolute Gasteiger partial charge is 0.0649 e. The molecule has 0 saturated carbocycles. The second-order valence-electron chi connectivity index (χ2n) is 3.80. The summed E-state index contributed by atoms with van der Waals surface area (Å²) in [6, 6.07) is 0. The molecule has 0 bridgehead atoms. The summed E-state index contributed by atoms with van der Waals surface area (Å²) in [4.78, 5) is 0. The van der Waals surface area contributed by atoms with Crippen LogP contribution in [-0.4, -0.2) is 43.4 Å². The first-order valence-corrected chi connectivity index (χ1v) is 4.63. The van der Waals surface area contributed by atoms with E-state index in [1.165, 1.54) is 0 Å². The molecule has 2 heterocycles. The van der Waals surface area contributed by atoms with Crippen molar-refractivity contribution < 1.29 is 4.74 Å². The first-order chi connectivity index (χ1) is 5.81. The molecule has 2 saturated heterocycles. The number of nitrogens with one attached hydrogen (secondary N) is 1. The maximum absolute atomic E-state index is 5.69. The Morgan fingerprint density at radius 2 is 2.08 bits per heavy atom. The summed E-state index contributed by atoms with van der Waals surface area (Å²) in [5.74, 6) is 5.69. The van der Waals surface area contributed by atoms with Gasteiger partial charge in [-0.1, -0.05) is 0 Å². The second-order valence-corrected chi connectivity index (χ2v) is 3.80. The molecule has 2 fully saturated rings. The van der Waals surface area contributed by atoms with Crippen LogP contribution < -0.4 is 11.2 Å². The zero-order valence-corrected chi connectivity index (χ0v) is 7.38. The summed E-state index contributed by atoms with van der Waals surface area (Å²) in [5.41, 5.74) is 0.244. The lowest BCUT2D eigenvalue weighted by molar-refractivity contribution is -0.00541. The molecule has 0 amide bonds. The van der Waals surface area contributed by atoms with Crippen molar-refractivity contribution in [2.24, 2.45) is 5.84 Å². The number of ether oxygens (including phenoxy) is 1. The van der Waals surface area contributed by atoms with E-state index < -0.39 is 0 Å². The molecule has 0 aliphatic carbocycles. The molecule has 0 radical (unpaired) electrons. The first kappa shape index (κ1) is 8.44. The molecule has 2 rings (SSSR count). The number of rotatable bonds is 0. The van der Waals surface area contributed by atoms with Gasteiger partial charge in [-0.3, -0.25) is 5.84 Å². The summed E-state index contributed by atoms with van der Waals surface area (Å²) in [6.45, 7) is 4.67. The molecular weight excluding hydrogens is 154 g/mol. The fraction of sp³-hybridized carbons (Fsp3) is 1.00. The Morgan fingerprint density at radius 3 is 2.67 bits per heavy atom. The molecule has 4 heteroatoms. The minimum atomic E-state index is 0.244. The van der Waals surface area contributed by atoms with Crippen LogP contribution in [0.1, 0.15) is 12.8 Å². The Labute approximate surface area is 73.0 Å². The Hall–Kier alpha value is -0.160. The van der Waals surface area contributed by atoms with Gasteiger partial charge in [-0.25, -0.2) is 5.01 Å². The van der Waals surface area contributed by atoms with Gasteiger partial charge in [-0.15, -0.1) is 0 Å². The van der Waals surface area contributed by atoms with Gasteiger partial charge in [-0.2, -0.15) is 0 Å². The van der Waals surface area contributed by atoms with Crippen LogP contribution >= 0.6 is 0 Å². The van der Waals surface area contributed by atoms with E-state index in [0.29, 0.717) is 0 Å². The molecule has 0 aromatic heterocycles. The molecule has 0 aromatic rings. The Balaban J connectivity index is 1.92. The van der Waals surface area contributed by atoms with Gasteiger partial charge in [0.05, 0.1) is 13.2 Å². The third-order valence-corrected chi connectivity index (χ3v) is 2.88. The van der Waals surface area contributed by atoms with Gasteiger partial charge in [-0.05, 0) is 12.8 Å². The van der Waals surface area contributed by atoms with Crippen molar-refractivity contribution >= 4 is 0 Å². The van der Waals surface area contributed by atoms with Crippen LogP contribution in [0.25, 0.3) is 0 Å². The molecule has 0 aromatic carbocycles. The molecule has 12 heavy (non-hydrogen) atoms.